The molecule has 0 aromatic heterocycles. The summed E-state index contributed by atoms with van der Waals surface area (Å²) in [5.74, 6) is 0.638. The van der Waals surface area contributed by atoms with Crippen LogP contribution in [0, 0.1) is 11.8 Å². The summed E-state index contributed by atoms with van der Waals surface area (Å²) >= 11 is 0. The Morgan fingerprint density at radius 1 is 0.968 bits per heavy atom. The molecule has 2 fully saturated rings. The Kier molecular flexibility index (Phi) is 6.87. The predicted octanol–water partition coefficient (Wildman–Crippen LogP) is 3.22. The van der Waals surface area contributed by atoms with E-state index in [1.54, 1.807) is 24.3 Å². The normalized spacial score (nSPS) is 20.9. The topological polar surface area (TPSA) is 64.7 Å². The summed E-state index contributed by atoms with van der Waals surface area (Å²) in [7, 11) is 0. The lowest BCUT2D eigenvalue weighted by molar-refractivity contribution is -0.117. The molecule has 2 aromatic rings. The van der Waals surface area contributed by atoms with Crippen molar-refractivity contribution in [3.8, 4) is 0 Å². The van der Waals surface area contributed by atoms with E-state index in [2.05, 4.69) is 57.7 Å². The van der Waals surface area contributed by atoms with E-state index in [1.807, 2.05) is 0 Å². The Balaban J connectivity index is 1.13. The van der Waals surface area contributed by atoms with Gasteiger partial charge in [-0.25, -0.2) is 0 Å². The van der Waals surface area contributed by atoms with Crippen LogP contribution in [0.3, 0.4) is 0 Å². The van der Waals surface area contributed by atoms with Crippen molar-refractivity contribution in [2.45, 2.75) is 19.8 Å². The van der Waals surface area contributed by atoms with Crippen molar-refractivity contribution in [2.24, 2.45) is 11.8 Å². The standard InChI is InChI=1S/C25H32N4O2/c1-19-18-23(19)25(31)27-21-10-8-20(9-11-21)24(30)26-12-5-13-28-14-16-29(17-15-28)22-6-3-2-4-7-22/h2-4,6-11,19,23H,5,12-18H2,1H3,(H,26,30)(H,27,31). The maximum atomic E-state index is 12.4. The number of hydrogen-bond acceptors (Lipinski definition) is 4. The number of benzene rings is 2. The van der Waals surface area contributed by atoms with Crippen molar-refractivity contribution in [1.29, 1.82) is 0 Å². The maximum Gasteiger partial charge on any atom is 0.251 e. The van der Waals surface area contributed by atoms with Crippen molar-refractivity contribution in [1.82, 2.24) is 10.2 Å². The van der Waals surface area contributed by atoms with E-state index in [9.17, 15) is 9.59 Å². The molecule has 164 valence electrons. The molecule has 1 heterocycles. The fraction of sp³-hybridized carbons (Fsp3) is 0.440. The molecule has 1 saturated heterocycles. The molecule has 1 aliphatic carbocycles. The lowest BCUT2D eigenvalue weighted by Crippen LogP contribution is -2.47. The molecule has 2 unspecified atom stereocenters. The zero-order chi connectivity index (χ0) is 21.6. The minimum Gasteiger partial charge on any atom is -0.369 e. The van der Waals surface area contributed by atoms with E-state index < -0.39 is 0 Å². The van der Waals surface area contributed by atoms with Crippen LogP contribution in [-0.4, -0.2) is 56.0 Å². The van der Waals surface area contributed by atoms with Gasteiger partial charge >= 0.3 is 0 Å². The second kappa shape index (κ2) is 9.96. The third kappa shape index (κ3) is 5.85. The summed E-state index contributed by atoms with van der Waals surface area (Å²) < 4.78 is 0. The fourth-order valence-corrected chi connectivity index (χ4v) is 4.10. The Morgan fingerprint density at radius 3 is 2.29 bits per heavy atom. The molecule has 0 bridgehead atoms. The highest BCUT2D eigenvalue weighted by atomic mass is 16.2. The average Bonchev–Trinajstić information content (AvgIpc) is 3.55. The number of carbonyl (C=O) groups excluding carboxylic acids is 2. The third-order valence-corrected chi connectivity index (χ3v) is 6.29. The molecule has 2 N–H and O–H groups in total. The predicted molar refractivity (Wildman–Crippen MR) is 124 cm³/mol. The van der Waals surface area contributed by atoms with E-state index in [0.29, 0.717) is 18.0 Å². The molecule has 2 aliphatic rings. The molecule has 1 aliphatic heterocycles. The van der Waals surface area contributed by atoms with Gasteiger partial charge in [0.1, 0.15) is 0 Å². The van der Waals surface area contributed by atoms with Gasteiger partial charge in [-0.2, -0.15) is 0 Å². The third-order valence-electron chi connectivity index (χ3n) is 6.29. The SMILES string of the molecule is CC1CC1C(=O)Nc1ccc(C(=O)NCCCN2CCN(c3ccccc3)CC2)cc1. The first-order valence-corrected chi connectivity index (χ1v) is 11.3. The van der Waals surface area contributed by atoms with Crippen LogP contribution in [0.25, 0.3) is 0 Å². The van der Waals surface area contributed by atoms with Crippen LogP contribution in [-0.2, 0) is 4.79 Å². The number of piperazine rings is 1. The van der Waals surface area contributed by atoms with E-state index in [0.717, 1.165) is 51.3 Å². The Hall–Kier alpha value is -2.86. The summed E-state index contributed by atoms with van der Waals surface area (Å²) in [5, 5.41) is 5.93. The molecule has 0 spiro atoms. The summed E-state index contributed by atoms with van der Waals surface area (Å²) in [5.41, 5.74) is 2.66. The number of nitrogens with one attached hydrogen (secondary N) is 2. The van der Waals surface area contributed by atoms with Gasteiger partial charge in [0.25, 0.3) is 5.91 Å². The Bertz CT molecular complexity index is 876. The molecule has 6 heteroatoms. The highest BCUT2D eigenvalue weighted by Gasteiger charge is 2.39. The van der Waals surface area contributed by atoms with Crippen LogP contribution in [0.5, 0.6) is 0 Å². The fourth-order valence-electron chi connectivity index (χ4n) is 4.10. The van der Waals surface area contributed by atoms with E-state index in [4.69, 9.17) is 0 Å². The van der Waals surface area contributed by atoms with Gasteiger partial charge in [0.2, 0.25) is 5.91 Å². The number of hydrogen-bond donors (Lipinski definition) is 2. The van der Waals surface area contributed by atoms with Crippen molar-refractivity contribution in [2.75, 3.05) is 49.5 Å². The zero-order valence-corrected chi connectivity index (χ0v) is 18.2. The number of amides is 2. The van der Waals surface area contributed by atoms with E-state index in [1.165, 1.54) is 5.69 Å². The summed E-state index contributed by atoms with van der Waals surface area (Å²) in [6.45, 7) is 7.93. The van der Waals surface area contributed by atoms with Crippen molar-refractivity contribution in [3.05, 3.63) is 60.2 Å². The minimum absolute atomic E-state index is 0.0670. The molecule has 2 amide bonds. The summed E-state index contributed by atoms with van der Waals surface area (Å²) in [6.07, 6.45) is 1.90. The maximum absolute atomic E-state index is 12.4. The molecule has 2 atom stereocenters. The van der Waals surface area contributed by atoms with Crippen molar-refractivity contribution in [3.63, 3.8) is 0 Å². The molecule has 6 nitrogen and oxygen atoms in total. The van der Waals surface area contributed by atoms with E-state index >= 15 is 0 Å². The average molecular weight is 421 g/mol. The summed E-state index contributed by atoms with van der Waals surface area (Å²) in [6, 6.07) is 17.7. The lowest BCUT2D eigenvalue weighted by atomic mass is 10.2. The van der Waals surface area contributed by atoms with Crippen LogP contribution >= 0.6 is 0 Å². The zero-order valence-electron chi connectivity index (χ0n) is 18.2. The van der Waals surface area contributed by atoms with Crippen LogP contribution in [0.15, 0.2) is 54.6 Å². The first-order valence-electron chi connectivity index (χ1n) is 11.3. The van der Waals surface area contributed by atoms with Gasteiger partial charge in [0.05, 0.1) is 0 Å². The van der Waals surface area contributed by atoms with Gasteiger partial charge in [-0.3, -0.25) is 14.5 Å². The van der Waals surface area contributed by atoms with E-state index in [-0.39, 0.29) is 17.7 Å². The first-order chi connectivity index (χ1) is 15.1. The summed E-state index contributed by atoms with van der Waals surface area (Å²) in [4.78, 5) is 29.3. The van der Waals surface area contributed by atoms with Crippen LogP contribution in [0.4, 0.5) is 11.4 Å². The van der Waals surface area contributed by atoms with Gasteiger partial charge in [0.15, 0.2) is 0 Å². The van der Waals surface area contributed by atoms with Crippen LogP contribution in [0.1, 0.15) is 30.1 Å². The number of carbonyl (C=O) groups is 2. The second-order valence-corrected chi connectivity index (χ2v) is 8.66. The Morgan fingerprint density at radius 2 is 1.65 bits per heavy atom. The molecule has 2 aromatic carbocycles. The van der Waals surface area contributed by atoms with Gasteiger partial charge in [-0.05, 0) is 61.7 Å². The Labute approximate surface area is 184 Å². The minimum atomic E-state index is -0.0670. The van der Waals surface area contributed by atoms with Gasteiger partial charge < -0.3 is 15.5 Å². The van der Waals surface area contributed by atoms with Gasteiger partial charge in [-0.15, -0.1) is 0 Å². The van der Waals surface area contributed by atoms with Gasteiger partial charge in [0, 0.05) is 55.6 Å². The molecule has 1 saturated carbocycles. The highest BCUT2D eigenvalue weighted by Crippen LogP contribution is 2.38. The first kappa shape index (κ1) is 21.4. The molecule has 0 radical (unpaired) electrons. The van der Waals surface area contributed by atoms with Crippen molar-refractivity contribution < 1.29 is 9.59 Å². The number of nitrogens with zero attached hydrogens (tertiary/aromatic N) is 2. The molecule has 31 heavy (non-hydrogen) atoms. The molecular formula is C25H32N4O2. The molecule has 4 rings (SSSR count). The van der Waals surface area contributed by atoms with Crippen LogP contribution in [0.2, 0.25) is 0 Å². The quantitative estimate of drug-likeness (QED) is 0.644. The lowest BCUT2D eigenvalue weighted by Gasteiger charge is -2.36. The number of anilines is 2. The van der Waals surface area contributed by atoms with Gasteiger partial charge in [-0.1, -0.05) is 25.1 Å². The largest absolute Gasteiger partial charge is 0.369 e. The number of para-hydroxylation sites is 1. The number of rotatable bonds is 8. The van der Waals surface area contributed by atoms with Crippen LogP contribution < -0.4 is 15.5 Å². The van der Waals surface area contributed by atoms with Crippen molar-refractivity contribution >= 4 is 23.2 Å². The highest BCUT2D eigenvalue weighted by molar-refractivity contribution is 5.96. The smallest absolute Gasteiger partial charge is 0.251 e. The second-order valence-electron chi connectivity index (χ2n) is 8.66. The monoisotopic (exact) mass is 420 g/mol. The molecular weight excluding hydrogens is 388 g/mol.